The first-order valence-corrected chi connectivity index (χ1v) is 16.3. The van der Waals surface area contributed by atoms with Crippen LogP contribution in [0.1, 0.15) is 76.2 Å². The Morgan fingerprint density at radius 1 is 0.884 bits per heavy atom. The first-order chi connectivity index (χ1) is 21.1. The molecule has 220 valence electrons. The summed E-state index contributed by atoms with van der Waals surface area (Å²) < 4.78 is 0. The average Bonchev–Trinajstić information content (AvgIpc) is 3.60. The highest BCUT2D eigenvalue weighted by molar-refractivity contribution is 6.02. The highest BCUT2D eigenvalue weighted by Crippen LogP contribution is 2.37. The fourth-order valence-electron chi connectivity index (χ4n) is 7.89. The largest absolute Gasteiger partial charge is 0.361 e. The fraction of sp³-hybridized carbons (Fsp3) is 0.421. The second-order valence-corrected chi connectivity index (χ2v) is 13.2. The first-order valence-electron chi connectivity index (χ1n) is 16.3. The summed E-state index contributed by atoms with van der Waals surface area (Å²) in [5.41, 5.74) is 8.24. The van der Waals surface area contributed by atoms with Crippen LogP contribution in [-0.2, 0) is 19.4 Å². The molecule has 0 radical (unpaired) electrons. The molecule has 5 nitrogen and oxygen atoms in total. The van der Waals surface area contributed by atoms with Gasteiger partial charge in [-0.2, -0.15) is 5.26 Å². The third-order valence-electron chi connectivity index (χ3n) is 10.5. The van der Waals surface area contributed by atoms with Crippen molar-refractivity contribution < 1.29 is 4.79 Å². The molecule has 4 aromatic rings. The lowest BCUT2D eigenvalue weighted by Crippen LogP contribution is -2.34. The van der Waals surface area contributed by atoms with Gasteiger partial charge in [-0.15, -0.1) is 0 Å². The number of carbonyl (C=O) groups is 1. The van der Waals surface area contributed by atoms with Gasteiger partial charge in [0.2, 0.25) is 0 Å². The molecule has 1 atom stereocenters. The van der Waals surface area contributed by atoms with Crippen molar-refractivity contribution in [1.82, 2.24) is 14.8 Å². The molecule has 1 N–H and O–H groups in total. The summed E-state index contributed by atoms with van der Waals surface area (Å²) in [4.78, 5) is 21.9. The monoisotopic (exact) mass is 570 g/mol. The number of hydrogen-bond acceptors (Lipinski definition) is 4. The molecule has 1 aliphatic carbocycles. The number of nitrogens with one attached hydrogen (secondary N) is 1. The SMILES string of the molecule is N#Cc1ccc2[nH]cc(CCN3CCC(c4ccc5c(c4)CC(CC4CCN(Cc6ccccc6)CC4)C5=O)CC3)c2c1. The van der Waals surface area contributed by atoms with E-state index in [1.165, 1.54) is 53.3 Å². The van der Waals surface area contributed by atoms with Crippen molar-refractivity contribution in [1.29, 1.82) is 5.26 Å². The zero-order chi connectivity index (χ0) is 29.2. The standard InChI is InChI=1S/C38H42N4O/c39-24-29-6-9-37-36(21-29)32(25-40-37)14-19-41-17-12-30(13-18-41)31-7-8-35-33(22-31)23-34(38(35)43)20-27-10-15-42(16-11-27)26-28-4-2-1-3-5-28/h1-9,21-22,25,27,30,34,40H,10-20,23,26H2. The van der Waals surface area contributed by atoms with Crippen LogP contribution in [0, 0.1) is 23.2 Å². The van der Waals surface area contributed by atoms with Gasteiger partial charge in [0.1, 0.15) is 0 Å². The van der Waals surface area contributed by atoms with Gasteiger partial charge in [0, 0.05) is 41.7 Å². The maximum absolute atomic E-state index is 13.4. The molecule has 3 heterocycles. The van der Waals surface area contributed by atoms with E-state index in [2.05, 4.69) is 75.6 Å². The van der Waals surface area contributed by atoms with E-state index in [0.717, 1.165) is 75.2 Å². The van der Waals surface area contributed by atoms with Crippen LogP contribution in [0.4, 0.5) is 0 Å². The third-order valence-corrected chi connectivity index (χ3v) is 10.5. The highest BCUT2D eigenvalue weighted by Gasteiger charge is 2.34. The minimum absolute atomic E-state index is 0.173. The summed E-state index contributed by atoms with van der Waals surface area (Å²) >= 11 is 0. The van der Waals surface area contributed by atoms with Gasteiger partial charge in [0.15, 0.2) is 5.78 Å². The molecular weight excluding hydrogens is 528 g/mol. The van der Waals surface area contributed by atoms with E-state index in [9.17, 15) is 10.1 Å². The van der Waals surface area contributed by atoms with Crippen molar-refractivity contribution in [3.63, 3.8) is 0 Å². The van der Waals surface area contributed by atoms with Crippen LogP contribution in [0.15, 0.2) is 72.9 Å². The number of ketones is 1. The minimum Gasteiger partial charge on any atom is -0.361 e. The Morgan fingerprint density at radius 2 is 1.67 bits per heavy atom. The summed E-state index contributed by atoms with van der Waals surface area (Å²) in [6.45, 7) is 6.58. The van der Waals surface area contributed by atoms with E-state index >= 15 is 0 Å². The van der Waals surface area contributed by atoms with E-state index in [0.29, 0.717) is 17.6 Å². The lowest BCUT2D eigenvalue weighted by Gasteiger charge is -2.33. The lowest BCUT2D eigenvalue weighted by molar-refractivity contribution is 0.0895. The molecule has 1 aromatic heterocycles. The van der Waals surface area contributed by atoms with E-state index in [1.807, 2.05) is 18.2 Å². The molecule has 0 spiro atoms. The van der Waals surface area contributed by atoms with Crippen LogP contribution in [-0.4, -0.2) is 53.3 Å². The normalized spacial score (nSPS) is 20.4. The fourth-order valence-corrected chi connectivity index (χ4v) is 7.89. The van der Waals surface area contributed by atoms with Gasteiger partial charge in [-0.05, 0) is 123 Å². The number of aromatic nitrogens is 1. The number of likely N-dealkylation sites (tertiary alicyclic amines) is 2. The van der Waals surface area contributed by atoms with E-state index in [4.69, 9.17) is 0 Å². The number of Topliss-reactive ketones (excluding diaryl/α,β-unsaturated/α-hetero) is 1. The zero-order valence-electron chi connectivity index (χ0n) is 25.1. The van der Waals surface area contributed by atoms with E-state index in [1.54, 1.807) is 0 Å². The van der Waals surface area contributed by atoms with Gasteiger partial charge in [0.05, 0.1) is 11.6 Å². The van der Waals surface area contributed by atoms with E-state index in [-0.39, 0.29) is 5.92 Å². The minimum atomic E-state index is 0.173. The van der Waals surface area contributed by atoms with Gasteiger partial charge < -0.3 is 9.88 Å². The molecule has 3 aliphatic rings. The maximum atomic E-state index is 13.4. The molecular formula is C38H42N4O. The average molecular weight is 571 g/mol. The van der Waals surface area contributed by atoms with Crippen molar-refractivity contribution in [2.24, 2.45) is 11.8 Å². The quantitative estimate of drug-likeness (QED) is 0.245. The van der Waals surface area contributed by atoms with E-state index < -0.39 is 0 Å². The topological polar surface area (TPSA) is 63.1 Å². The third kappa shape index (κ3) is 6.18. The number of H-pyrrole nitrogens is 1. The Balaban J connectivity index is 0.892. The molecule has 2 saturated heterocycles. The molecule has 5 heteroatoms. The summed E-state index contributed by atoms with van der Waals surface area (Å²) in [5, 5.41) is 10.5. The number of benzene rings is 3. The Morgan fingerprint density at radius 3 is 2.47 bits per heavy atom. The Bertz CT molecular complexity index is 1620. The van der Waals surface area contributed by atoms with Crippen LogP contribution in [0.2, 0.25) is 0 Å². The number of carbonyl (C=O) groups excluding carboxylic acids is 1. The molecule has 1 unspecified atom stereocenters. The summed E-state index contributed by atoms with van der Waals surface area (Å²) in [5.74, 6) is 1.81. The number of piperidine rings is 2. The molecule has 2 aliphatic heterocycles. The van der Waals surface area contributed by atoms with Crippen LogP contribution >= 0.6 is 0 Å². The Hall–Kier alpha value is -3.72. The summed E-state index contributed by atoms with van der Waals surface area (Å²) in [6.07, 6.45) is 9.84. The highest BCUT2D eigenvalue weighted by atomic mass is 16.1. The Labute approximate surface area is 255 Å². The second-order valence-electron chi connectivity index (χ2n) is 13.2. The van der Waals surface area contributed by atoms with Gasteiger partial charge in [0.25, 0.3) is 0 Å². The first kappa shape index (κ1) is 28.1. The van der Waals surface area contributed by atoms with Crippen LogP contribution < -0.4 is 0 Å². The van der Waals surface area contributed by atoms with Gasteiger partial charge in [-0.1, -0.05) is 48.5 Å². The number of fused-ring (bicyclic) bond motifs is 2. The van der Waals surface area contributed by atoms with Crippen LogP contribution in [0.3, 0.4) is 0 Å². The molecule has 43 heavy (non-hydrogen) atoms. The van der Waals surface area contributed by atoms with Crippen molar-refractivity contribution >= 4 is 16.7 Å². The second kappa shape index (κ2) is 12.5. The molecule has 0 saturated carbocycles. The number of hydrogen-bond donors (Lipinski definition) is 1. The molecule has 2 fully saturated rings. The number of aromatic amines is 1. The van der Waals surface area contributed by atoms with Gasteiger partial charge in [-0.3, -0.25) is 9.69 Å². The number of nitrogens with zero attached hydrogens (tertiary/aromatic N) is 3. The van der Waals surface area contributed by atoms with Crippen LogP contribution in [0.5, 0.6) is 0 Å². The number of nitriles is 1. The molecule has 3 aromatic carbocycles. The zero-order valence-corrected chi connectivity index (χ0v) is 25.1. The van der Waals surface area contributed by atoms with Crippen LogP contribution in [0.25, 0.3) is 10.9 Å². The lowest BCUT2D eigenvalue weighted by atomic mass is 9.85. The predicted octanol–water partition coefficient (Wildman–Crippen LogP) is 7.12. The summed E-state index contributed by atoms with van der Waals surface area (Å²) in [6, 6.07) is 25.7. The van der Waals surface area contributed by atoms with Crippen molar-refractivity contribution in [3.8, 4) is 6.07 Å². The smallest absolute Gasteiger partial charge is 0.166 e. The van der Waals surface area contributed by atoms with Gasteiger partial charge >= 0.3 is 0 Å². The van der Waals surface area contributed by atoms with Gasteiger partial charge in [-0.25, -0.2) is 0 Å². The molecule has 7 rings (SSSR count). The van der Waals surface area contributed by atoms with Crippen molar-refractivity contribution in [3.05, 3.63) is 106 Å². The predicted molar refractivity (Wildman–Crippen MR) is 172 cm³/mol. The molecule has 0 amide bonds. The maximum Gasteiger partial charge on any atom is 0.166 e. The Kier molecular flexibility index (Phi) is 8.15. The summed E-state index contributed by atoms with van der Waals surface area (Å²) in [7, 11) is 0. The number of rotatable bonds is 8. The molecule has 0 bridgehead atoms. The van der Waals surface area contributed by atoms with Crippen molar-refractivity contribution in [2.75, 3.05) is 32.7 Å². The van der Waals surface area contributed by atoms with Crippen molar-refractivity contribution in [2.45, 2.75) is 57.4 Å².